The fraction of sp³-hybridized carbons (Fsp3) is 0.214. The van der Waals surface area contributed by atoms with Crippen molar-refractivity contribution in [2.45, 2.75) is 20.3 Å². The third-order valence-electron chi connectivity index (χ3n) is 3.13. The molecule has 0 saturated carbocycles. The molecule has 0 spiro atoms. The van der Waals surface area contributed by atoms with E-state index in [0.717, 1.165) is 17.7 Å². The van der Waals surface area contributed by atoms with E-state index in [4.69, 9.17) is 0 Å². The maximum Gasteiger partial charge on any atom is 0.349 e. The van der Waals surface area contributed by atoms with Gasteiger partial charge in [-0.3, -0.25) is 0 Å². The maximum atomic E-state index is 11.8. The molecule has 5 heteroatoms. The van der Waals surface area contributed by atoms with E-state index in [2.05, 4.69) is 15.2 Å². The Labute approximate surface area is 109 Å². The molecule has 19 heavy (non-hydrogen) atoms. The molecular weight excluding hydrogens is 240 g/mol. The van der Waals surface area contributed by atoms with Crippen molar-refractivity contribution in [3.63, 3.8) is 0 Å². The van der Waals surface area contributed by atoms with Crippen molar-refractivity contribution >= 4 is 5.65 Å². The van der Waals surface area contributed by atoms with Gasteiger partial charge in [-0.1, -0.05) is 36.8 Å². The number of nitrogens with one attached hydrogen (secondary N) is 1. The van der Waals surface area contributed by atoms with Crippen LogP contribution in [0.3, 0.4) is 0 Å². The molecule has 1 aromatic carbocycles. The Balaban J connectivity index is 2.34. The molecule has 2 heterocycles. The molecule has 3 aromatic rings. The average Bonchev–Trinajstić information content (AvgIpc) is 2.80. The maximum absolute atomic E-state index is 11.8. The summed E-state index contributed by atoms with van der Waals surface area (Å²) >= 11 is 0. The Hall–Kier alpha value is -2.43. The van der Waals surface area contributed by atoms with Crippen LogP contribution in [0.5, 0.6) is 0 Å². The molecule has 0 aliphatic rings. The van der Waals surface area contributed by atoms with E-state index < -0.39 is 0 Å². The summed E-state index contributed by atoms with van der Waals surface area (Å²) in [6.07, 6.45) is 0.802. The second kappa shape index (κ2) is 4.35. The van der Waals surface area contributed by atoms with Gasteiger partial charge in [0.05, 0.1) is 0 Å². The molecule has 0 saturated heterocycles. The lowest BCUT2D eigenvalue weighted by Gasteiger charge is -2.06. The summed E-state index contributed by atoms with van der Waals surface area (Å²) in [5.41, 5.74) is 3.34. The van der Waals surface area contributed by atoms with Gasteiger partial charge < -0.3 is 0 Å². The second-order valence-corrected chi connectivity index (χ2v) is 4.51. The van der Waals surface area contributed by atoms with Crippen LogP contribution in [0.1, 0.15) is 18.2 Å². The number of aryl methyl sites for hydroxylation is 2. The summed E-state index contributed by atoms with van der Waals surface area (Å²) in [7, 11) is 0. The number of benzene rings is 1. The third-order valence-corrected chi connectivity index (χ3v) is 3.13. The number of H-pyrrole nitrogens is 1. The van der Waals surface area contributed by atoms with Crippen molar-refractivity contribution in [3.8, 4) is 11.4 Å². The van der Waals surface area contributed by atoms with Crippen LogP contribution in [0.15, 0.2) is 35.1 Å². The first-order chi connectivity index (χ1) is 9.19. The summed E-state index contributed by atoms with van der Waals surface area (Å²) in [4.78, 5) is 16.4. The summed E-state index contributed by atoms with van der Waals surface area (Å²) in [5.74, 6) is 0.633. The van der Waals surface area contributed by atoms with Gasteiger partial charge in [-0.15, -0.1) is 0 Å². The van der Waals surface area contributed by atoms with Gasteiger partial charge in [0.2, 0.25) is 0 Å². The summed E-state index contributed by atoms with van der Waals surface area (Å²) < 4.78 is 1.50. The van der Waals surface area contributed by atoms with Crippen molar-refractivity contribution < 1.29 is 0 Å². The first kappa shape index (κ1) is 11.6. The van der Waals surface area contributed by atoms with E-state index in [1.807, 2.05) is 44.2 Å². The van der Waals surface area contributed by atoms with Gasteiger partial charge in [-0.05, 0) is 13.3 Å². The molecule has 0 unspecified atom stereocenters. The van der Waals surface area contributed by atoms with Gasteiger partial charge in [-0.2, -0.15) is 5.10 Å². The zero-order chi connectivity index (χ0) is 13.4. The molecule has 0 aliphatic heterocycles. The predicted octanol–water partition coefficient (Wildman–Crippen LogP) is 1.96. The molecule has 0 bridgehead atoms. The van der Waals surface area contributed by atoms with E-state index >= 15 is 0 Å². The highest BCUT2D eigenvalue weighted by Crippen LogP contribution is 2.18. The standard InChI is InChI=1S/C14H14N4O/c1-3-11-8-12-16-17-14(19)18(12)13(15-11)10-6-4-9(2)5-7-10/h4-8H,3H2,1-2H3,(H,17,19). The number of aromatic nitrogens is 4. The van der Waals surface area contributed by atoms with E-state index in [0.29, 0.717) is 11.5 Å². The van der Waals surface area contributed by atoms with Gasteiger partial charge in [0.15, 0.2) is 5.65 Å². The summed E-state index contributed by atoms with van der Waals surface area (Å²) in [6.45, 7) is 4.06. The minimum atomic E-state index is -0.263. The number of fused-ring (bicyclic) bond motifs is 1. The Kier molecular flexibility index (Phi) is 2.67. The second-order valence-electron chi connectivity index (χ2n) is 4.51. The quantitative estimate of drug-likeness (QED) is 0.760. The lowest BCUT2D eigenvalue weighted by atomic mass is 10.1. The highest BCUT2D eigenvalue weighted by Gasteiger charge is 2.11. The smallest absolute Gasteiger partial charge is 0.246 e. The highest BCUT2D eigenvalue weighted by molar-refractivity contribution is 5.60. The van der Waals surface area contributed by atoms with Crippen molar-refractivity contribution in [2.75, 3.05) is 0 Å². The van der Waals surface area contributed by atoms with Gasteiger partial charge >= 0.3 is 5.69 Å². The molecule has 96 valence electrons. The van der Waals surface area contributed by atoms with E-state index in [-0.39, 0.29) is 5.69 Å². The molecule has 1 N–H and O–H groups in total. The summed E-state index contributed by atoms with van der Waals surface area (Å²) in [6, 6.07) is 9.78. The van der Waals surface area contributed by atoms with Crippen LogP contribution in [0.4, 0.5) is 0 Å². The van der Waals surface area contributed by atoms with Crippen LogP contribution in [-0.2, 0) is 6.42 Å². The number of rotatable bonds is 2. The van der Waals surface area contributed by atoms with Crippen LogP contribution in [0.25, 0.3) is 17.0 Å². The molecule has 0 atom stereocenters. The molecule has 0 fully saturated rings. The topological polar surface area (TPSA) is 63.0 Å². The Bertz CT molecular complexity index is 783. The van der Waals surface area contributed by atoms with Gasteiger partial charge in [0.25, 0.3) is 0 Å². The Morgan fingerprint density at radius 1 is 1.26 bits per heavy atom. The predicted molar refractivity (Wildman–Crippen MR) is 73.2 cm³/mol. The number of aromatic amines is 1. The fourth-order valence-corrected chi connectivity index (χ4v) is 2.06. The molecule has 0 aliphatic carbocycles. The van der Waals surface area contributed by atoms with Crippen LogP contribution < -0.4 is 5.69 Å². The minimum Gasteiger partial charge on any atom is -0.246 e. The van der Waals surface area contributed by atoms with Gasteiger partial charge in [-0.25, -0.2) is 19.3 Å². The Morgan fingerprint density at radius 3 is 2.68 bits per heavy atom. The number of nitrogens with zero attached hydrogens (tertiary/aromatic N) is 3. The van der Waals surface area contributed by atoms with Crippen LogP contribution in [0.2, 0.25) is 0 Å². The zero-order valence-corrected chi connectivity index (χ0v) is 10.8. The zero-order valence-electron chi connectivity index (χ0n) is 10.8. The van der Waals surface area contributed by atoms with E-state index in [9.17, 15) is 4.79 Å². The SMILES string of the molecule is CCc1cc2n[nH]c(=O)n2c(-c2ccc(C)cc2)n1. The monoisotopic (exact) mass is 254 g/mol. The molecular formula is C14H14N4O. The van der Waals surface area contributed by atoms with E-state index in [1.54, 1.807) is 0 Å². The van der Waals surface area contributed by atoms with Crippen molar-refractivity contribution in [3.05, 3.63) is 52.1 Å². The number of hydrogen-bond acceptors (Lipinski definition) is 3. The number of hydrogen-bond donors (Lipinski definition) is 1. The van der Waals surface area contributed by atoms with Crippen molar-refractivity contribution in [1.82, 2.24) is 19.6 Å². The molecule has 2 aromatic heterocycles. The molecule has 0 radical (unpaired) electrons. The van der Waals surface area contributed by atoms with Crippen molar-refractivity contribution in [2.24, 2.45) is 0 Å². The first-order valence-electron chi connectivity index (χ1n) is 6.23. The normalized spacial score (nSPS) is 11.1. The lowest BCUT2D eigenvalue weighted by Crippen LogP contribution is -2.13. The average molecular weight is 254 g/mol. The summed E-state index contributed by atoms with van der Waals surface area (Å²) in [5, 5.41) is 6.48. The Morgan fingerprint density at radius 2 is 2.00 bits per heavy atom. The molecule has 3 rings (SSSR count). The largest absolute Gasteiger partial charge is 0.349 e. The van der Waals surface area contributed by atoms with Crippen LogP contribution in [0, 0.1) is 6.92 Å². The first-order valence-corrected chi connectivity index (χ1v) is 6.23. The lowest BCUT2D eigenvalue weighted by molar-refractivity contribution is 0.962. The fourth-order valence-electron chi connectivity index (χ4n) is 2.06. The third kappa shape index (κ3) is 1.93. The van der Waals surface area contributed by atoms with Crippen molar-refractivity contribution in [1.29, 1.82) is 0 Å². The van der Waals surface area contributed by atoms with Crippen LogP contribution >= 0.6 is 0 Å². The van der Waals surface area contributed by atoms with Crippen LogP contribution in [-0.4, -0.2) is 19.6 Å². The minimum absolute atomic E-state index is 0.263. The molecule has 5 nitrogen and oxygen atoms in total. The van der Waals surface area contributed by atoms with Gasteiger partial charge in [0.1, 0.15) is 5.82 Å². The molecule has 0 amide bonds. The highest BCUT2D eigenvalue weighted by atomic mass is 16.1. The van der Waals surface area contributed by atoms with E-state index in [1.165, 1.54) is 9.96 Å². The van der Waals surface area contributed by atoms with Gasteiger partial charge in [0, 0.05) is 17.3 Å².